The minimum Gasteiger partial charge on any atom is -0.480 e. The molecular weight excluding hydrogens is 550 g/mol. The lowest BCUT2D eigenvalue weighted by Crippen LogP contribution is -2.58. The summed E-state index contributed by atoms with van der Waals surface area (Å²) in [6.07, 6.45) is 3.60. The second-order valence-electron chi connectivity index (χ2n) is 11.1. The molecule has 3 saturated heterocycles. The Morgan fingerprint density at radius 1 is 0.762 bits per heavy atom. The molecule has 5 atom stereocenters. The fourth-order valence-electron chi connectivity index (χ4n) is 5.87. The van der Waals surface area contributed by atoms with Gasteiger partial charge >= 0.3 is 5.97 Å². The summed E-state index contributed by atoms with van der Waals surface area (Å²) in [5.41, 5.74) is 5.44. The van der Waals surface area contributed by atoms with Crippen molar-refractivity contribution in [1.82, 2.24) is 30.7 Å². The van der Waals surface area contributed by atoms with Gasteiger partial charge in [-0.3, -0.25) is 33.6 Å². The third-order valence-corrected chi connectivity index (χ3v) is 8.37. The Labute approximate surface area is 244 Å². The molecule has 42 heavy (non-hydrogen) atoms. The van der Waals surface area contributed by atoms with Crippen LogP contribution in [0.1, 0.15) is 58.8 Å². The zero-order chi connectivity index (χ0) is 31.0. The molecule has 0 aliphatic carbocycles. The summed E-state index contributed by atoms with van der Waals surface area (Å²) in [6, 6.07) is -3.29. The van der Waals surface area contributed by atoms with Gasteiger partial charge < -0.3 is 41.5 Å². The first-order chi connectivity index (χ1) is 20.0. The minimum absolute atomic E-state index is 0.205. The van der Waals surface area contributed by atoms with Gasteiger partial charge in [0.15, 0.2) is 0 Å². The standard InChI is InChI=1S/C27H43N7O8/c1-3-16(2)23(27(42)34-12-6-8-18(34)25(40)30-15-22(37)38)31-26(41)19-9-5-11-33(19)21(36)14-29-24(39)17-7-4-10-32(17)20(35)13-28/h16-19,23H,3-15,28H2,1-2H3,(H,29,39)(H,30,40)(H,31,41)(H,37,38)/t16-,17-,18-,19-,23-/m0/s1. The predicted octanol–water partition coefficient (Wildman–Crippen LogP) is -2.23. The van der Waals surface area contributed by atoms with Crippen molar-refractivity contribution >= 4 is 41.4 Å². The first-order valence-electron chi connectivity index (χ1n) is 14.7. The first-order valence-corrected chi connectivity index (χ1v) is 14.7. The zero-order valence-electron chi connectivity index (χ0n) is 24.3. The van der Waals surface area contributed by atoms with Crippen LogP contribution in [0.15, 0.2) is 0 Å². The van der Waals surface area contributed by atoms with Gasteiger partial charge in [0.2, 0.25) is 35.4 Å². The molecule has 6 N–H and O–H groups in total. The maximum atomic E-state index is 13.6. The van der Waals surface area contributed by atoms with Crippen LogP contribution in [0.25, 0.3) is 0 Å². The topological polar surface area (TPSA) is 212 Å². The second kappa shape index (κ2) is 14.9. The third-order valence-electron chi connectivity index (χ3n) is 8.37. The summed E-state index contributed by atoms with van der Waals surface area (Å²) in [6.45, 7) is 3.63. The van der Waals surface area contributed by atoms with E-state index in [1.807, 2.05) is 13.8 Å². The number of likely N-dealkylation sites (tertiary alicyclic amines) is 3. The molecule has 3 heterocycles. The van der Waals surface area contributed by atoms with Gasteiger partial charge in [0, 0.05) is 19.6 Å². The van der Waals surface area contributed by atoms with Gasteiger partial charge in [-0.2, -0.15) is 0 Å². The average molecular weight is 594 g/mol. The molecule has 3 aliphatic heterocycles. The number of hydrogen-bond acceptors (Lipinski definition) is 8. The Kier molecular flexibility index (Phi) is 11.6. The van der Waals surface area contributed by atoms with Crippen LogP contribution >= 0.6 is 0 Å². The van der Waals surface area contributed by atoms with E-state index >= 15 is 0 Å². The van der Waals surface area contributed by atoms with Gasteiger partial charge in [-0.25, -0.2) is 0 Å². The highest BCUT2D eigenvalue weighted by molar-refractivity contribution is 5.96. The fraction of sp³-hybridized carbons (Fsp3) is 0.741. The molecule has 0 saturated carbocycles. The molecule has 0 radical (unpaired) electrons. The van der Waals surface area contributed by atoms with Crippen LogP contribution in [-0.4, -0.2) is 125 Å². The van der Waals surface area contributed by atoms with E-state index in [1.165, 1.54) is 14.7 Å². The lowest BCUT2D eigenvalue weighted by Gasteiger charge is -2.33. The lowest BCUT2D eigenvalue weighted by atomic mass is 9.96. The molecule has 0 aromatic carbocycles. The molecule has 234 valence electrons. The van der Waals surface area contributed by atoms with E-state index < -0.39 is 66.2 Å². The molecule has 15 heteroatoms. The number of rotatable bonds is 12. The van der Waals surface area contributed by atoms with Gasteiger partial charge in [-0.05, 0) is 44.4 Å². The number of carbonyl (C=O) groups is 7. The van der Waals surface area contributed by atoms with Crippen LogP contribution in [0.4, 0.5) is 0 Å². The van der Waals surface area contributed by atoms with Gasteiger partial charge in [-0.1, -0.05) is 20.3 Å². The summed E-state index contributed by atoms with van der Waals surface area (Å²) >= 11 is 0. The Balaban J connectivity index is 1.62. The summed E-state index contributed by atoms with van der Waals surface area (Å²) < 4.78 is 0. The number of nitrogens with two attached hydrogens (primary N) is 1. The highest BCUT2D eigenvalue weighted by Gasteiger charge is 2.42. The molecular formula is C27H43N7O8. The van der Waals surface area contributed by atoms with Crippen LogP contribution in [0.5, 0.6) is 0 Å². The number of nitrogens with one attached hydrogen (secondary N) is 3. The third kappa shape index (κ3) is 7.75. The Hall–Kier alpha value is -3.75. The van der Waals surface area contributed by atoms with Crippen LogP contribution in [-0.2, 0) is 33.6 Å². The molecule has 0 bridgehead atoms. The largest absolute Gasteiger partial charge is 0.480 e. The average Bonchev–Trinajstić information content (AvgIpc) is 3.76. The smallest absolute Gasteiger partial charge is 0.322 e. The van der Waals surface area contributed by atoms with E-state index in [1.54, 1.807) is 0 Å². The molecule has 3 aliphatic rings. The Morgan fingerprint density at radius 3 is 1.76 bits per heavy atom. The number of aliphatic carboxylic acids is 1. The number of carbonyl (C=O) groups excluding carboxylic acids is 6. The van der Waals surface area contributed by atoms with Crippen molar-refractivity contribution in [3.8, 4) is 0 Å². The molecule has 3 rings (SSSR count). The van der Waals surface area contributed by atoms with Gasteiger partial charge in [0.1, 0.15) is 30.7 Å². The quantitative estimate of drug-likeness (QED) is 0.165. The van der Waals surface area contributed by atoms with Crippen molar-refractivity contribution in [2.75, 3.05) is 39.3 Å². The molecule has 6 amide bonds. The van der Waals surface area contributed by atoms with E-state index in [0.29, 0.717) is 64.6 Å². The van der Waals surface area contributed by atoms with Gasteiger partial charge in [0.25, 0.3) is 0 Å². The number of carboxylic acid groups (broad SMARTS) is 1. The first kappa shape index (κ1) is 32.8. The van der Waals surface area contributed by atoms with E-state index in [0.717, 1.165) is 0 Å². The minimum atomic E-state index is -1.19. The Morgan fingerprint density at radius 2 is 1.24 bits per heavy atom. The van der Waals surface area contributed by atoms with Crippen LogP contribution < -0.4 is 21.7 Å². The lowest BCUT2D eigenvalue weighted by molar-refractivity contribution is -0.145. The van der Waals surface area contributed by atoms with Gasteiger partial charge in [0.05, 0.1) is 13.1 Å². The van der Waals surface area contributed by atoms with Crippen molar-refractivity contribution < 1.29 is 38.7 Å². The van der Waals surface area contributed by atoms with E-state index in [2.05, 4.69) is 16.0 Å². The zero-order valence-corrected chi connectivity index (χ0v) is 24.3. The van der Waals surface area contributed by atoms with Crippen LogP contribution in [0.3, 0.4) is 0 Å². The van der Waals surface area contributed by atoms with Crippen LogP contribution in [0.2, 0.25) is 0 Å². The fourth-order valence-corrected chi connectivity index (χ4v) is 5.87. The molecule has 15 nitrogen and oxygen atoms in total. The van der Waals surface area contributed by atoms with Crippen molar-refractivity contribution in [3.05, 3.63) is 0 Å². The number of hydrogen-bond donors (Lipinski definition) is 5. The second-order valence-corrected chi connectivity index (χ2v) is 11.1. The van der Waals surface area contributed by atoms with E-state index in [-0.39, 0.29) is 24.9 Å². The predicted molar refractivity (Wildman–Crippen MR) is 148 cm³/mol. The number of nitrogens with zero attached hydrogens (tertiary/aromatic N) is 3. The summed E-state index contributed by atoms with van der Waals surface area (Å²) in [4.78, 5) is 92.5. The van der Waals surface area contributed by atoms with Crippen molar-refractivity contribution in [2.24, 2.45) is 11.7 Å². The highest BCUT2D eigenvalue weighted by atomic mass is 16.4. The van der Waals surface area contributed by atoms with E-state index in [9.17, 15) is 33.6 Å². The van der Waals surface area contributed by atoms with Crippen molar-refractivity contribution in [1.29, 1.82) is 0 Å². The monoisotopic (exact) mass is 593 g/mol. The SMILES string of the molecule is CC[C@H](C)[C@H](NC(=O)[C@@H]1CCCN1C(=O)CNC(=O)[C@@H]1CCCN1C(=O)CN)C(=O)N1CCC[C@H]1C(=O)NCC(=O)O. The van der Waals surface area contributed by atoms with E-state index in [4.69, 9.17) is 10.8 Å². The molecule has 0 spiro atoms. The molecule has 0 aromatic heterocycles. The number of carboxylic acids is 1. The maximum absolute atomic E-state index is 13.6. The normalized spacial score (nSPS) is 23.3. The number of amides is 6. The molecule has 0 aromatic rings. The summed E-state index contributed by atoms with van der Waals surface area (Å²) in [5.74, 6) is -4.17. The Bertz CT molecular complexity index is 1070. The van der Waals surface area contributed by atoms with Crippen molar-refractivity contribution in [3.63, 3.8) is 0 Å². The van der Waals surface area contributed by atoms with Crippen molar-refractivity contribution in [2.45, 2.75) is 83.0 Å². The molecule has 0 unspecified atom stereocenters. The maximum Gasteiger partial charge on any atom is 0.322 e. The summed E-state index contributed by atoms with van der Waals surface area (Å²) in [7, 11) is 0. The van der Waals surface area contributed by atoms with Gasteiger partial charge in [-0.15, -0.1) is 0 Å². The summed E-state index contributed by atoms with van der Waals surface area (Å²) in [5, 5.41) is 16.6. The highest BCUT2D eigenvalue weighted by Crippen LogP contribution is 2.23. The molecule has 3 fully saturated rings. The van der Waals surface area contributed by atoms with Crippen LogP contribution in [0, 0.1) is 5.92 Å².